The summed E-state index contributed by atoms with van der Waals surface area (Å²) in [7, 11) is 0. The van der Waals surface area contributed by atoms with Gasteiger partial charge in [-0.1, -0.05) is 19.4 Å². The third-order valence-electron chi connectivity index (χ3n) is 11.0. The number of carboxylic acid groups (broad SMARTS) is 2. The first-order valence-electron chi connectivity index (χ1n) is 16.2. The minimum absolute atomic E-state index is 0.00720. The standard InChI is InChI=1S/C33H45N5O6S/c1-6-19-15(2)23(35-32(19)44)11-22-16(3)20(7-9-28(39)40)25(34-22)13-33-21(8-10-29(41)42)17(4)26(38(33)37-33)12-24-30(27-14-45-27)18(5)31(43)36-24/h18,24,26-27,30-31,34,36-37,43H,6-14H2,1-5H3,(H,39,40)(H,41,42)/p+1/t18-,24-,26?,27-,30-,31+,33-,38?/m1/s1. The van der Waals surface area contributed by atoms with E-state index in [2.05, 4.69) is 39.6 Å². The largest absolute Gasteiger partial charge is 0.481 e. The van der Waals surface area contributed by atoms with Crippen molar-refractivity contribution in [2.24, 2.45) is 16.8 Å². The third kappa shape index (κ3) is 5.84. The second kappa shape index (κ2) is 12.1. The van der Waals surface area contributed by atoms with E-state index in [4.69, 9.17) is 0 Å². The van der Waals surface area contributed by atoms with Crippen LogP contribution < -0.4 is 10.7 Å². The number of nitrogens with zero attached hydrogens (tertiary/aromatic N) is 2. The number of hydrazine groups is 1. The van der Waals surface area contributed by atoms with Crippen LogP contribution in [0.1, 0.15) is 82.3 Å². The van der Waals surface area contributed by atoms with Gasteiger partial charge in [0.05, 0.1) is 5.71 Å². The number of hydrogen-bond acceptors (Lipinski definition) is 7. The van der Waals surface area contributed by atoms with E-state index in [1.807, 2.05) is 20.8 Å². The Morgan fingerprint density at radius 1 is 1.11 bits per heavy atom. The van der Waals surface area contributed by atoms with Crippen molar-refractivity contribution in [3.8, 4) is 0 Å². The lowest BCUT2D eigenvalue weighted by Gasteiger charge is -2.24. The first kappa shape index (κ1) is 32.2. The molecule has 8 atom stereocenters. The number of aliphatic imine (C=N–C) groups is 1. The van der Waals surface area contributed by atoms with Crippen molar-refractivity contribution in [1.82, 2.24) is 20.7 Å². The molecule has 3 fully saturated rings. The van der Waals surface area contributed by atoms with Crippen LogP contribution in [-0.4, -0.2) is 83.8 Å². The Labute approximate surface area is 268 Å². The minimum atomic E-state index is -0.867. The summed E-state index contributed by atoms with van der Waals surface area (Å²) in [5.41, 5.74) is 11.5. The number of aromatic amines is 1. The molecule has 5 aliphatic rings. The molecule has 0 radical (unpaired) electrons. The van der Waals surface area contributed by atoms with Crippen LogP contribution in [0.2, 0.25) is 0 Å². The fraction of sp³-hybridized carbons (Fsp3) is 0.636. The van der Waals surface area contributed by atoms with E-state index in [1.54, 1.807) is 0 Å². The highest BCUT2D eigenvalue weighted by Crippen LogP contribution is 2.52. The predicted molar refractivity (Wildman–Crippen MR) is 173 cm³/mol. The summed E-state index contributed by atoms with van der Waals surface area (Å²) in [4.78, 5) is 43.8. The first-order valence-corrected chi connectivity index (χ1v) is 17.3. The Morgan fingerprint density at radius 3 is 2.42 bits per heavy atom. The maximum absolute atomic E-state index is 12.5. The molecule has 5 aliphatic heterocycles. The van der Waals surface area contributed by atoms with Crippen LogP contribution in [0.3, 0.4) is 0 Å². The zero-order valence-electron chi connectivity index (χ0n) is 26.7. The Balaban J connectivity index is 1.30. The number of aromatic nitrogens is 1. The molecule has 6 N–H and O–H groups in total. The number of fused-ring (bicyclic) bond motifs is 1. The zero-order chi connectivity index (χ0) is 32.4. The summed E-state index contributed by atoms with van der Waals surface area (Å²) < 4.78 is 0. The number of nitrogens with one attached hydrogen (secondary N) is 3. The molecule has 0 aliphatic carbocycles. The van der Waals surface area contributed by atoms with Gasteiger partial charge in [-0.15, -0.1) is 0 Å². The van der Waals surface area contributed by atoms with Crippen molar-refractivity contribution in [1.29, 1.82) is 0 Å². The van der Waals surface area contributed by atoms with Gasteiger partial charge in [-0.25, -0.2) is 15.4 Å². The number of H-pyrrole nitrogens is 1. The van der Waals surface area contributed by atoms with Crippen molar-refractivity contribution in [2.75, 3.05) is 5.75 Å². The molecular weight excluding hydrogens is 594 g/mol. The lowest BCUT2D eigenvalue weighted by Crippen LogP contribution is -2.38. The summed E-state index contributed by atoms with van der Waals surface area (Å²) >= 11 is 1.45. The SMILES string of the molecule is CCC1=C(C)C(Cc2[nH]c(C[C@@]34NN3C(C[C@H]3N[C@@H](O)[C@H](C)[C@H]3[C@H]3C[SH+]3)C(C)=C4CCC(=O)O)c(CCC(=O)O)c2C)=NC1=O. The zero-order valence-corrected chi connectivity index (χ0v) is 27.6. The highest BCUT2D eigenvalue weighted by atomic mass is 32.2. The summed E-state index contributed by atoms with van der Waals surface area (Å²) in [6, 6.07) is 0.220. The first-order chi connectivity index (χ1) is 21.4. The van der Waals surface area contributed by atoms with Crippen molar-refractivity contribution in [3.63, 3.8) is 0 Å². The molecular formula is C33H46N5O6S+. The Morgan fingerprint density at radius 2 is 1.80 bits per heavy atom. The summed E-state index contributed by atoms with van der Waals surface area (Å²) in [5, 5.41) is 36.2. The van der Waals surface area contributed by atoms with Crippen LogP contribution in [0, 0.1) is 18.8 Å². The molecule has 0 bridgehead atoms. The summed E-state index contributed by atoms with van der Waals surface area (Å²) in [6.45, 7) is 10.1. The molecule has 12 heteroatoms. The number of thiol groups is 1. The average Bonchev–Trinajstić information content (AvgIpc) is 3.84. The van der Waals surface area contributed by atoms with E-state index in [-0.39, 0.29) is 36.8 Å². The molecule has 1 aromatic heterocycles. The molecule has 0 saturated carbocycles. The Hall–Kier alpha value is -2.77. The van der Waals surface area contributed by atoms with Crippen molar-refractivity contribution >= 4 is 35.3 Å². The second-order valence-electron chi connectivity index (χ2n) is 13.5. The van der Waals surface area contributed by atoms with E-state index < -0.39 is 23.8 Å². The highest BCUT2D eigenvalue weighted by Gasteiger charge is 2.64. The number of amides is 1. The normalized spacial score (nSPS) is 33.7. The van der Waals surface area contributed by atoms with Gasteiger partial charge in [0.15, 0.2) is 11.0 Å². The molecule has 6 rings (SSSR count). The molecule has 3 saturated heterocycles. The highest BCUT2D eigenvalue weighted by molar-refractivity contribution is 7.86. The van der Waals surface area contributed by atoms with E-state index in [0.29, 0.717) is 43.3 Å². The summed E-state index contributed by atoms with van der Waals surface area (Å²) in [5.74, 6) is -0.126. The molecule has 244 valence electrons. The predicted octanol–water partition coefficient (Wildman–Crippen LogP) is 2.34. The van der Waals surface area contributed by atoms with E-state index >= 15 is 0 Å². The van der Waals surface area contributed by atoms with Gasteiger partial charge in [0, 0.05) is 66.6 Å². The molecule has 6 heterocycles. The van der Waals surface area contributed by atoms with Crippen molar-refractivity contribution in [3.05, 3.63) is 44.8 Å². The van der Waals surface area contributed by atoms with E-state index in [1.165, 1.54) is 23.1 Å². The van der Waals surface area contributed by atoms with Gasteiger partial charge >= 0.3 is 11.9 Å². The molecule has 0 spiro atoms. The maximum Gasteiger partial charge on any atom is 0.303 e. The quantitative estimate of drug-likeness (QED) is 0.0771. The number of allylic oxidation sites excluding steroid dienone is 1. The smallest absolute Gasteiger partial charge is 0.303 e. The lowest BCUT2D eigenvalue weighted by atomic mass is 9.84. The number of carbonyl (C=O) groups is 3. The minimum Gasteiger partial charge on any atom is -0.481 e. The fourth-order valence-corrected chi connectivity index (χ4v) is 9.42. The molecule has 1 amide bonds. The van der Waals surface area contributed by atoms with Crippen LogP contribution in [0.4, 0.5) is 0 Å². The number of aliphatic hydroxyl groups excluding tert-OH is 1. The van der Waals surface area contributed by atoms with Crippen LogP contribution in [-0.2, 0) is 45.4 Å². The topological polar surface area (TPSA) is 177 Å². The van der Waals surface area contributed by atoms with Gasteiger partial charge in [0.25, 0.3) is 5.91 Å². The number of carbonyl (C=O) groups excluding carboxylic acids is 1. The molecule has 11 nitrogen and oxygen atoms in total. The number of rotatable bonds is 14. The van der Waals surface area contributed by atoms with Gasteiger partial charge in [-0.3, -0.25) is 19.7 Å². The number of aliphatic carboxylic acids is 2. The van der Waals surface area contributed by atoms with Crippen LogP contribution in [0.15, 0.2) is 27.3 Å². The fourth-order valence-electron chi connectivity index (χ4n) is 8.33. The molecule has 1 aromatic rings. The van der Waals surface area contributed by atoms with Gasteiger partial charge in [-0.2, -0.15) is 0 Å². The maximum atomic E-state index is 12.5. The van der Waals surface area contributed by atoms with Crippen LogP contribution >= 0.6 is 0 Å². The van der Waals surface area contributed by atoms with Crippen LogP contribution in [0.5, 0.6) is 0 Å². The van der Waals surface area contributed by atoms with Gasteiger partial charge in [0.2, 0.25) is 0 Å². The van der Waals surface area contributed by atoms with Gasteiger partial charge < -0.3 is 20.3 Å². The Kier molecular flexibility index (Phi) is 8.66. The van der Waals surface area contributed by atoms with E-state index in [0.717, 1.165) is 51.4 Å². The van der Waals surface area contributed by atoms with E-state index in [9.17, 15) is 29.7 Å². The van der Waals surface area contributed by atoms with Crippen molar-refractivity contribution in [2.45, 2.75) is 115 Å². The van der Waals surface area contributed by atoms with Gasteiger partial charge in [-0.05, 0) is 80.5 Å². The van der Waals surface area contributed by atoms with Crippen molar-refractivity contribution < 1.29 is 29.7 Å². The average molecular weight is 641 g/mol. The Bertz CT molecular complexity index is 1520. The summed E-state index contributed by atoms with van der Waals surface area (Å²) in [6.07, 6.45) is 2.71. The monoisotopic (exact) mass is 640 g/mol. The number of aliphatic hydroxyl groups is 1. The van der Waals surface area contributed by atoms with Gasteiger partial charge in [0.1, 0.15) is 11.9 Å². The third-order valence-corrected chi connectivity index (χ3v) is 12.1. The molecule has 2 unspecified atom stereocenters. The number of carboxylic acids is 2. The lowest BCUT2D eigenvalue weighted by molar-refractivity contribution is -0.138. The molecule has 45 heavy (non-hydrogen) atoms. The van der Waals surface area contributed by atoms with Crippen LogP contribution in [0.25, 0.3) is 0 Å². The number of hydrogen-bond donors (Lipinski definition) is 6. The second-order valence-corrected chi connectivity index (χ2v) is 14.9. The molecule has 0 aromatic carbocycles.